The Hall–Kier alpha value is -2.19. The van der Waals surface area contributed by atoms with Crippen LogP contribution < -0.4 is 5.32 Å². The maximum Gasteiger partial charge on any atom is 0.340 e. The molecule has 0 saturated carbocycles. The highest BCUT2D eigenvalue weighted by Gasteiger charge is 2.20. The van der Waals surface area contributed by atoms with Gasteiger partial charge >= 0.3 is 5.97 Å². The molecule has 0 amide bonds. The first-order chi connectivity index (χ1) is 12.1. The summed E-state index contributed by atoms with van der Waals surface area (Å²) in [6.45, 7) is 4.07. The van der Waals surface area contributed by atoms with E-state index in [-0.39, 0.29) is 5.97 Å². The molecule has 25 heavy (non-hydrogen) atoms. The first-order valence-corrected chi connectivity index (χ1v) is 9.63. The van der Waals surface area contributed by atoms with Crippen LogP contribution in [0.4, 0.5) is 5.13 Å². The van der Waals surface area contributed by atoms with Crippen molar-refractivity contribution >= 4 is 45.1 Å². The fourth-order valence-electron chi connectivity index (χ4n) is 2.52. The van der Waals surface area contributed by atoms with Crippen molar-refractivity contribution in [2.45, 2.75) is 23.9 Å². The van der Waals surface area contributed by atoms with E-state index in [1.165, 1.54) is 23.1 Å². The lowest BCUT2D eigenvalue weighted by Gasteiger charge is -2.13. The predicted molar refractivity (Wildman–Crippen MR) is 101 cm³/mol. The van der Waals surface area contributed by atoms with Crippen LogP contribution in [0.1, 0.15) is 28.5 Å². The van der Waals surface area contributed by atoms with Crippen molar-refractivity contribution in [1.29, 1.82) is 0 Å². The maximum atomic E-state index is 12.5. The number of nitrogens with zero attached hydrogens (tertiary/aromatic N) is 3. The van der Waals surface area contributed by atoms with E-state index in [0.717, 1.165) is 25.9 Å². The normalized spacial score (nSPS) is 10.8. The molecule has 3 rings (SSSR count). The Morgan fingerprint density at radius 2 is 2.12 bits per heavy atom. The highest BCUT2D eigenvalue weighted by atomic mass is 32.2. The molecule has 0 bridgehead atoms. The first-order valence-electron chi connectivity index (χ1n) is 7.83. The molecule has 0 aliphatic rings. The number of esters is 1. The molecule has 1 aromatic carbocycles. The van der Waals surface area contributed by atoms with Gasteiger partial charge in [0.1, 0.15) is 0 Å². The number of para-hydroxylation sites is 1. The largest absolute Gasteiger partial charge is 0.462 e. The Labute approximate surface area is 154 Å². The van der Waals surface area contributed by atoms with Crippen LogP contribution >= 0.6 is 23.1 Å². The number of hydrogen-bond acceptors (Lipinski definition) is 8. The zero-order valence-electron chi connectivity index (χ0n) is 14.2. The molecular weight excluding hydrogens is 356 g/mol. The number of carbonyl (C=O) groups is 1. The predicted octanol–water partition coefficient (Wildman–Crippen LogP) is 3.91. The van der Waals surface area contributed by atoms with Gasteiger partial charge in [0.25, 0.3) is 0 Å². The lowest BCUT2D eigenvalue weighted by atomic mass is 10.0. The van der Waals surface area contributed by atoms with Crippen LogP contribution in [-0.4, -0.2) is 34.8 Å². The summed E-state index contributed by atoms with van der Waals surface area (Å²) < 4.78 is 6.07. The summed E-state index contributed by atoms with van der Waals surface area (Å²) in [4.78, 5) is 17.2. The lowest BCUT2D eigenvalue weighted by molar-refractivity contribution is 0.0524. The van der Waals surface area contributed by atoms with E-state index >= 15 is 0 Å². The van der Waals surface area contributed by atoms with Crippen LogP contribution in [-0.2, 0) is 10.5 Å². The second-order valence-electron chi connectivity index (χ2n) is 5.21. The van der Waals surface area contributed by atoms with Gasteiger partial charge in [-0.2, -0.15) is 0 Å². The van der Waals surface area contributed by atoms with Crippen LogP contribution in [0.3, 0.4) is 0 Å². The van der Waals surface area contributed by atoms with Crippen LogP contribution in [0.25, 0.3) is 10.9 Å². The van der Waals surface area contributed by atoms with Gasteiger partial charge in [-0.3, -0.25) is 4.98 Å². The average Bonchev–Trinajstić information content (AvgIpc) is 3.08. The van der Waals surface area contributed by atoms with Crippen molar-refractivity contribution in [3.05, 3.63) is 41.1 Å². The molecule has 1 N–H and O–H groups in total. The molecule has 6 nitrogen and oxygen atoms in total. The quantitative estimate of drug-likeness (QED) is 0.518. The van der Waals surface area contributed by atoms with Gasteiger partial charge in [0.2, 0.25) is 5.13 Å². The number of thioether (sulfide) groups is 1. The van der Waals surface area contributed by atoms with E-state index in [2.05, 4.69) is 15.5 Å². The highest BCUT2D eigenvalue weighted by molar-refractivity contribution is 8.00. The van der Waals surface area contributed by atoms with E-state index in [0.29, 0.717) is 23.6 Å². The molecule has 2 aromatic heterocycles. The van der Waals surface area contributed by atoms with Crippen LogP contribution in [0.5, 0.6) is 0 Å². The number of anilines is 1. The standard InChI is InChI=1S/C17H18N4O2S2/c1-4-23-15(22)14-10(2)11-7-5-6-8-12(11)19-13(14)9-24-17-21-20-16(18-3)25-17/h5-8H,4,9H2,1-3H3,(H,18,20). The Kier molecular flexibility index (Phi) is 5.50. The molecule has 2 heterocycles. The second kappa shape index (κ2) is 7.79. The Morgan fingerprint density at radius 3 is 2.84 bits per heavy atom. The van der Waals surface area contributed by atoms with Crippen molar-refractivity contribution in [1.82, 2.24) is 15.2 Å². The van der Waals surface area contributed by atoms with E-state index < -0.39 is 0 Å². The summed E-state index contributed by atoms with van der Waals surface area (Å²) in [5, 5.41) is 12.8. The highest BCUT2D eigenvalue weighted by Crippen LogP contribution is 2.31. The van der Waals surface area contributed by atoms with Gasteiger partial charge in [-0.05, 0) is 25.5 Å². The average molecular weight is 374 g/mol. The molecule has 130 valence electrons. The van der Waals surface area contributed by atoms with Crippen molar-refractivity contribution in [3.63, 3.8) is 0 Å². The molecular formula is C17H18N4O2S2. The first kappa shape index (κ1) is 17.6. The van der Waals surface area contributed by atoms with E-state index in [4.69, 9.17) is 9.72 Å². The number of carbonyl (C=O) groups excluding carboxylic acids is 1. The number of fused-ring (bicyclic) bond motifs is 1. The van der Waals surface area contributed by atoms with E-state index in [1.54, 1.807) is 6.92 Å². The minimum atomic E-state index is -0.331. The molecule has 0 aliphatic carbocycles. The minimum Gasteiger partial charge on any atom is -0.462 e. The summed E-state index contributed by atoms with van der Waals surface area (Å²) >= 11 is 2.98. The molecule has 0 aliphatic heterocycles. The zero-order chi connectivity index (χ0) is 17.8. The molecule has 8 heteroatoms. The van der Waals surface area contributed by atoms with Gasteiger partial charge in [0.15, 0.2) is 4.34 Å². The van der Waals surface area contributed by atoms with Crippen LogP contribution in [0, 0.1) is 6.92 Å². The Balaban J connectivity index is 1.99. The van der Waals surface area contributed by atoms with Gasteiger partial charge in [0.05, 0.1) is 23.4 Å². The van der Waals surface area contributed by atoms with Crippen molar-refractivity contribution in [3.8, 4) is 0 Å². The fraction of sp³-hybridized carbons (Fsp3) is 0.294. The lowest BCUT2D eigenvalue weighted by Crippen LogP contribution is -2.12. The topological polar surface area (TPSA) is 77.0 Å². The minimum absolute atomic E-state index is 0.331. The summed E-state index contributed by atoms with van der Waals surface area (Å²) in [5.41, 5.74) is 3.02. The Bertz CT molecular complexity index is 911. The fourth-order valence-corrected chi connectivity index (χ4v) is 4.17. The molecule has 0 atom stereocenters. The van der Waals surface area contributed by atoms with Crippen LogP contribution in [0.2, 0.25) is 0 Å². The zero-order valence-corrected chi connectivity index (χ0v) is 15.8. The van der Waals surface area contributed by atoms with Gasteiger partial charge in [0, 0.05) is 18.2 Å². The maximum absolute atomic E-state index is 12.5. The number of benzene rings is 1. The van der Waals surface area contributed by atoms with Crippen molar-refractivity contribution < 1.29 is 9.53 Å². The molecule has 3 aromatic rings. The summed E-state index contributed by atoms with van der Waals surface area (Å²) in [7, 11) is 1.81. The number of hydrogen-bond donors (Lipinski definition) is 1. The SMILES string of the molecule is CCOC(=O)c1c(CSc2nnc(NC)s2)nc2ccccc2c1C. The van der Waals surface area contributed by atoms with E-state index in [9.17, 15) is 4.79 Å². The summed E-state index contributed by atoms with van der Waals surface area (Å²) in [6.07, 6.45) is 0. The third-order valence-corrected chi connectivity index (χ3v) is 5.74. The van der Waals surface area contributed by atoms with Crippen LogP contribution in [0.15, 0.2) is 28.6 Å². The summed E-state index contributed by atoms with van der Waals surface area (Å²) in [5.74, 6) is 0.195. The number of aromatic nitrogens is 3. The van der Waals surface area contributed by atoms with Gasteiger partial charge < -0.3 is 10.1 Å². The molecule has 0 radical (unpaired) electrons. The molecule has 0 spiro atoms. The molecule has 0 saturated heterocycles. The van der Waals surface area contributed by atoms with Gasteiger partial charge in [-0.1, -0.05) is 41.3 Å². The smallest absolute Gasteiger partial charge is 0.340 e. The summed E-state index contributed by atoms with van der Waals surface area (Å²) in [6, 6.07) is 7.82. The van der Waals surface area contributed by atoms with E-state index in [1.807, 2.05) is 38.2 Å². The third-order valence-electron chi connectivity index (χ3n) is 3.66. The monoisotopic (exact) mass is 374 g/mol. The van der Waals surface area contributed by atoms with Gasteiger partial charge in [-0.15, -0.1) is 10.2 Å². The second-order valence-corrected chi connectivity index (χ2v) is 7.41. The number of nitrogens with one attached hydrogen (secondary N) is 1. The van der Waals surface area contributed by atoms with Crippen molar-refractivity contribution in [2.24, 2.45) is 0 Å². The third kappa shape index (κ3) is 3.74. The molecule has 0 fully saturated rings. The number of pyridine rings is 1. The number of rotatable bonds is 6. The molecule has 0 unspecified atom stereocenters. The number of aryl methyl sites for hydroxylation is 1. The number of ether oxygens (including phenoxy) is 1. The Morgan fingerprint density at radius 1 is 1.32 bits per heavy atom. The van der Waals surface area contributed by atoms with Crippen molar-refractivity contribution in [2.75, 3.05) is 19.0 Å². The van der Waals surface area contributed by atoms with Gasteiger partial charge in [-0.25, -0.2) is 4.79 Å².